The molecule has 2 heteroatoms. The summed E-state index contributed by atoms with van der Waals surface area (Å²) in [6, 6.07) is 6.05. The molecule has 2 nitrogen and oxygen atoms in total. The predicted octanol–water partition coefficient (Wildman–Crippen LogP) is 3.21. The zero-order valence-corrected chi connectivity index (χ0v) is 9.64. The summed E-state index contributed by atoms with van der Waals surface area (Å²) in [5.74, 6) is 0.948. The third kappa shape index (κ3) is 2.66. The Balaban J connectivity index is 2.98. The second-order valence-electron chi connectivity index (χ2n) is 4.39. The van der Waals surface area contributed by atoms with Crippen molar-refractivity contribution in [2.75, 3.05) is 12.4 Å². The van der Waals surface area contributed by atoms with Crippen molar-refractivity contribution in [3.63, 3.8) is 0 Å². The van der Waals surface area contributed by atoms with E-state index in [0.29, 0.717) is 0 Å². The summed E-state index contributed by atoms with van der Waals surface area (Å²) in [5, 5.41) is 3.14. The van der Waals surface area contributed by atoms with Crippen molar-refractivity contribution < 1.29 is 4.74 Å². The average Bonchev–Trinajstić information content (AvgIpc) is 2.06. The van der Waals surface area contributed by atoms with Crippen LogP contribution in [0.4, 0.5) is 5.69 Å². The highest BCUT2D eigenvalue weighted by Gasteiger charge is 2.13. The number of anilines is 1. The molecule has 0 aromatic heterocycles. The van der Waals surface area contributed by atoms with Crippen molar-refractivity contribution in [2.45, 2.75) is 33.3 Å². The van der Waals surface area contributed by atoms with Crippen LogP contribution in [0, 0.1) is 6.92 Å². The Bertz CT molecular complexity index is 313. The molecular formula is C12H19NO. The number of rotatable bonds is 2. The number of nitrogens with one attached hydrogen (secondary N) is 1. The van der Waals surface area contributed by atoms with Gasteiger partial charge in [-0.25, -0.2) is 0 Å². The van der Waals surface area contributed by atoms with E-state index >= 15 is 0 Å². The van der Waals surface area contributed by atoms with E-state index in [0.717, 1.165) is 17.0 Å². The lowest BCUT2D eigenvalue weighted by Gasteiger charge is -2.23. The van der Waals surface area contributed by atoms with Crippen LogP contribution in [0.5, 0.6) is 5.75 Å². The van der Waals surface area contributed by atoms with Crippen LogP contribution in [0.1, 0.15) is 26.3 Å². The van der Waals surface area contributed by atoms with Crippen molar-refractivity contribution in [2.24, 2.45) is 0 Å². The molecule has 0 aliphatic rings. The van der Waals surface area contributed by atoms with Crippen molar-refractivity contribution >= 4 is 5.69 Å². The molecule has 0 aliphatic heterocycles. The lowest BCUT2D eigenvalue weighted by molar-refractivity contribution is 0.130. The summed E-state index contributed by atoms with van der Waals surface area (Å²) in [4.78, 5) is 0. The van der Waals surface area contributed by atoms with Gasteiger partial charge in [0.15, 0.2) is 0 Å². The average molecular weight is 193 g/mol. The normalized spacial score (nSPS) is 11.2. The van der Waals surface area contributed by atoms with E-state index in [1.807, 2.05) is 25.2 Å². The topological polar surface area (TPSA) is 21.3 Å². The molecule has 0 atom stereocenters. The van der Waals surface area contributed by atoms with Crippen LogP contribution in [-0.4, -0.2) is 12.6 Å². The van der Waals surface area contributed by atoms with Gasteiger partial charge in [-0.05, 0) is 39.8 Å². The Hall–Kier alpha value is -1.18. The van der Waals surface area contributed by atoms with Gasteiger partial charge in [-0.3, -0.25) is 0 Å². The molecule has 1 aromatic carbocycles. The minimum atomic E-state index is -0.142. The SMILES string of the molecule is CNc1cccc(OC(C)(C)C)c1C. The van der Waals surface area contributed by atoms with Crippen LogP contribution in [0.3, 0.4) is 0 Å². The highest BCUT2D eigenvalue weighted by Crippen LogP contribution is 2.27. The van der Waals surface area contributed by atoms with E-state index in [1.165, 1.54) is 0 Å². The van der Waals surface area contributed by atoms with Crippen molar-refractivity contribution in [1.82, 2.24) is 0 Å². The summed E-state index contributed by atoms with van der Waals surface area (Å²) in [7, 11) is 1.92. The molecule has 0 radical (unpaired) electrons. The fraction of sp³-hybridized carbons (Fsp3) is 0.500. The van der Waals surface area contributed by atoms with Gasteiger partial charge in [-0.15, -0.1) is 0 Å². The van der Waals surface area contributed by atoms with Gasteiger partial charge < -0.3 is 10.1 Å². The summed E-state index contributed by atoms with van der Waals surface area (Å²) >= 11 is 0. The summed E-state index contributed by atoms with van der Waals surface area (Å²) in [5.41, 5.74) is 2.13. The van der Waals surface area contributed by atoms with Crippen LogP contribution in [0.2, 0.25) is 0 Å². The summed E-state index contributed by atoms with van der Waals surface area (Å²) in [6.45, 7) is 8.22. The monoisotopic (exact) mass is 193 g/mol. The van der Waals surface area contributed by atoms with Crippen LogP contribution < -0.4 is 10.1 Å². The Morgan fingerprint density at radius 2 is 1.86 bits per heavy atom. The van der Waals surface area contributed by atoms with Crippen LogP contribution in [-0.2, 0) is 0 Å². The quantitative estimate of drug-likeness (QED) is 0.778. The molecule has 0 aliphatic carbocycles. The lowest BCUT2D eigenvalue weighted by atomic mass is 10.1. The number of benzene rings is 1. The first-order valence-electron chi connectivity index (χ1n) is 4.90. The van der Waals surface area contributed by atoms with E-state index in [-0.39, 0.29) is 5.60 Å². The highest BCUT2D eigenvalue weighted by atomic mass is 16.5. The van der Waals surface area contributed by atoms with E-state index in [4.69, 9.17) is 4.74 Å². The molecule has 0 heterocycles. The van der Waals surface area contributed by atoms with E-state index in [1.54, 1.807) is 0 Å². The second kappa shape index (κ2) is 3.91. The van der Waals surface area contributed by atoms with E-state index < -0.39 is 0 Å². The standard InChI is InChI=1S/C12H19NO/c1-9-10(13-5)7-6-8-11(9)14-12(2,3)4/h6-8,13H,1-5H3. The minimum Gasteiger partial charge on any atom is -0.488 e. The molecule has 0 fully saturated rings. The van der Waals surface area contributed by atoms with E-state index in [2.05, 4.69) is 33.0 Å². The molecule has 1 N–H and O–H groups in total. The Morgan fingerprint density at radius 1 is 1.21 bits per heavy atom. The molecule has 0 saturated carbocycles. The Kier molecular flexibility index (Phi) is 3.04. The number of hydrogen-bond acceptors (Lipinski definition) is 2. The van der Waals surface area contributed by atoms with Gasteiger partial charge in [-0.1, -0.05) is 6.07 Å². The maximum absolute atomic E-state index is 5.83. The largest absolute Gasteiger partial charge is 0.488 e. The zero-order chi connectivity index (χ0) is 10.8. The van der Waals surface area contributed by atoms with Crippen LogP contribution in [0.15, 0.2) is 18.2 Å². The molecule has 14 heavy (non-hydrogen) atoms. The third-order valence-corrected chi connectivity index (χ3v) is 1.97. The molecule has 0 unspecified atom stereocenters. The molecular weight excluding hydrogens is 174 g/mol. The maximum Gasteiger partial charge on any atom is 0.125 e. The Labute approximate surface area is 86.3 Å². The van der Waals surface area contributed by atoms with Gasteiger partial charge in [0.2, 0.25) is 0 Å². The van der Waals surface area contributed by atoms with Crippen LogP contribution >= 0.6 is 0 Å². The van der Waals surface area contributed by atoms with Gasteiger partial charge in [0.05, 0.1) is 0 Å². The van der Waals surface area contributed by atoms with E-state index in [9.17, 15) is 0 Å². The van der Waals surface area contributed by atoms with Gasteiger partial charge in [0.25, 0.3) is 0 Å². The zero-order valence-electron chi connectivity index (χ0n) is 9.64. The molecule has 0 saturated heterocycles. The third-order valence-electron chi connectivity index (χ3n) is 1.97. The van der Waals surface area contributed by atoms with Gasteiger partial charge in [-0.2, -0.15) is 0 Å². The fourth-order valence-corrected chi connectivity index (χ4v) is 1.33. The fourth-order valence-electron chi connectivity index (χ4n) is 1.33. The highest BCUT2D eigenvalue weighted by molar-refractivity contribution is 5.56. The first-order valence-corrected chi connectivity index (χ1v) is 4.90. The van der Waals surface area contributed by atoms with Gasteiger partial charge in [0.1, 0.15) is 11.4 Å². The van der Waals surface area contributed by atoms with Crippen molar-refractivity contribution in [1.29, 1.82) is 0 Å². The maximum atomic E-state index is 5.83. The lowest BCUT2D eigenvalue weighted by Crippen LogP contribution is -2.23. The van der Waals surface area contributed by atoms with Gasteiger partial charge >= 0.3 is 0 Å². The summed E-state index contributed by atoms with van der Waals surface area (Å²) in [6.07, 6.45) is 0. The summed E-state index contributed by atoms with van der Waals surface area (Å²) < 4.78 is 5.83. The van der Waals surface area contributed by atoms with Crippen LogP contribution in [0.25, 0.3) is 0 Å². The minimum absolute atomic E-state index is 0.142. The molecule has 1 rings (SSSR count). The first-order chi connectivity index (χ1) is 6.44. The molecule has 0 bridgehead atoms. The smallest absolute Gasteiger partial charge is 0.125 e. The van der Waals surface area contributed by atoms with Crippen molar-refractivity contribution in [3.05, 3.63) is 23.8 Å². The second-order valence-corrected chi connectivity index (χ2v) is 4.39. The predicted molar refractivity (Wildman–Crippen MR) is 61.1 cm³/mol. The molecule has 0 spiro atoms. The van der Waals surface area contributed by atoms with Crippen molar-refractivity contribution in [3.8, 4) is 5.75 Å². The number of ether oxygens (including phenoxy) is 1. The molecule has 1 aromatic rings. The molecule has 0 amide bonds. The number of hydrogen-bond donors (Lipinski definition) is 1. The first kappa shape index (κ1) is 10.9. The Morgan fingerprint density at radius 3 is 2.36 bits per heavy atom. The van der Waals surface area contributed by atoms with Gasteiger partial charge in [0, 0.05) is 18.3 Å². The molecule has 78 valence electrons.